The Hall–Kier alpha value is -1.39. The summed E-state index contributed by atoms with van der Waals surface area (Å²) in [6, 6.07) is 6.98. The number of aliphatic hydroxyl groups is 1. The van der Waals surface area contributed by atoms with Gasteiger partial charge in [-0.15, -0.1) is 0 Å². The van der Waals surface area contributed by atoms with Crippen molar-refractivity contribution < 1.29 is 15.0 Å². The third-order valence-corrected chi connectivity index (χ3v) is 4.34. The van der Waals surface area contributed by atoms with Crippen LogP contribution in [0.5, 0.6) is 0 Å². The Balaban J connectivity index is 1.76. The smallest absolute Gasteiger partial charge is 0.335 e. The fourth-order valence-electron chi connectivity index (χ4n) is 3.17. The van der Waals surface area contributed by atoms with E-state index < -0.39 is 5.97 Å². The molecule has 21 heavy (non-hydrogen) atoms. The predicted molar refractivity (Wildman–Crippen MR) is 82.3 cm³/mol. The van der Waals surface area contributed by atoms with Crippen molar-refractivity contribution in [3.05, 3.63) is 35.4 Å². The molecular weight excluding hydrogens is 266 g/mol. The minimum absolute atomic E-state index is 0.221. The Morgan fingerprint density at radius 2 is 2.10 bits per heavy atom. The maximum Gasteiger partial charge on any atom is 0.335 e. The molecule has 0 bridgehead atoms. The molecule has 0 aliphatic heterocycles. The lowest BCUT2D eigenvalue weighted by Crippen LogP contribution is -2.26. The van der Waals surface area contributed by atoms with Crippen molar-refractivity contribution in [2.75, 3.05) is 13.2 Å². The van der Waals surface area contributed by atoms with Gasteiger partial charge in [-0.05, 0) is 36.0 Å². The van der Waals surface area contributed by atoms with Crippen LogP contribution in [0.15, 0.2) is 24.3 Å². The van der Waals surface area contributed by atoms with Crippen molar-refractivity contribution in [3.8, 4) is 0 Å². The van der Waals surface area contributed by atoms with E-state index in [2.05, 4.69) is 5.32 Å². The van der Waals surface area contributed by atoms with E-state index in [0.717, 1.165) is 24.4 Å². The van der Waals surface area contributed by atoms with E-state index in [1.165, 1.54) is 25.7 Å². The Labute approximate surface area is 126 Å². The van der Waals surface area contributed by atoms with E-state index in [9.17, 15) is 9.90 Å². The summed E-state index contributed by atoms with van der Waals surface area (Å²) in [5.41, 5.74) is 1.28. The molecule has 0 spiro atoms. The molecule has 3 N–H and O–H groups in total. The van der Waals surface area contributed by atoms with E-state index >= 15 is 0 Å². The third kappa shape index (κ3) is 5.14. The Morgan fingerprint density at radius 3 is 2.76 bits per heavy atom. The van der Waals surface area contributed by atoms with Gasteiger partial charge >= 0.3 is 5.97 Å². The van der Waals surface area contributed by atoms with Gasteiger partial charge in [-0.25, -0.2) is 4.79 Å². The number of nitrogens with one attached hydrogen (secondary N) is 1. The quantitative estimate of drug-likeness (QED) is 0.688. The van der Waals surface area contributed by atoms with Crippen LogP contribution in [-0.4, -0.2) is 29.3 Å². The minimum Gasteiger partial charge on any atom is -0.478 e. The van der Waals surface area contributed by atoms with Crippen LogP contribution >= 0.6 is 0 Å². The van der Waals surface area contributed by atoms with Gasteiger partial charge in [0, 0.05) is 19.7 Å². The molecule has 0 radical (unpaired) electrons. The maximum atomic E-state index is 10.9. The standard InChI is InChI=1S/C17H25NO3/c19-12-15(8-13-4-1-2-5-13)11-18-10-14-6-3-7-16(9-14)17(20)21/h3,6-7,9,13,15,18-19H,1-2,4-5,8,10-12H2,(H,20,21). The lowest BCUT2D eigenvalue weighted by molar-refractivity contribution is 0.0696. The molecule has 1 aliphatic carbocycles. The molecule has 1 aliphatic rings. The number of aliphatic hydroxyl groups excluding tert-OH is 1. The molecule has 4 nitrogen and oxygen atoms in total. The third-order valence-electron chi connectivity index (χ3n) is 4.34. The number of hydrogen-bond donors (Lipinski definition) is 3. The first-order valence-electron chi connectivity index (χ1n) is 7.83. The first-order chi connectivity index (χ1) is 10.2. The summed E-state index contributed by atoms with van der Waals surface area (Å²) in [6.45, 7) is 1.64. The second-order valence-corrected chi connectivity index (χ2v) is 6.07. The van der Waals surface area contributed by atoms with E-state index in [1.54, 1.807) is 18.2 Å². The Bertz CT molecular complexity index is 455. The van der Waals surface area contributed by atoms with Crippen LogP contribution in [-0.2, 0) is 6.54 Å². The highest BCUT2D eigenvalue weighted by atomic mass is 16.4. The van der Waals surface area contributed by atoms with Crippen LogP contribution in [0, 0.1) is 11.8 Å². The molecule has 4 heteroatoms. The summed E-state index contributed by atoms with van der Waals surface area (Å²) >= 11 is 0. The first-order valence-corrected chi connectivity index (χ1v) is 7.83. The summed E-state index contributed by atoms with van der Waals surface area (Å²) in [4.78, 5) is 10.9. The maximum absolute atomic E-state index is 10.9. The van der Waals surface area contributed by atoms with Gasteiger partial charge in [0.1, 0.15) is 0 Å². The van der Waals surface area contributed by atoms with E-state index in [4.69, 9.17) is 5.11 Å². The van der Waals surface area contributed by atoms with Crippen molar-refractivity contribution in [2.24, 2.45) is 11.8 Å². The van der Waals surface area contributed by atoms with Gasteiger partial charge in [0.2, 0.25) is 0 Å². The highest BCUT2D eigenvalue weighted by Gasteiger charge is 2.19. The van der Waals surface area contributed by atoms with E-state index in [1.807, 2.05) is 6.07 Å². The largest absolute Gasteiger partial charge is 0.478 e. The monoisotopic (exact) mass is 291 g/mol. The van der Waals surface area contributed by atoms with Gasteiger partial charge in [0.15, 0.2) is 0 Å². The zero-order chi connectivity index (χ0) is 15.1. The fourth-order valence-corrected chi connectivity index (χ4v) is 3.17. The minimum atomic E-state index is -0.897. The van der Waals surface area contributed by atoms with Crippen molar-refractivity contribution in [2.45, 2.75) is 38.6 Å². The molecular formula is C17H25NO3. The molecule has 1 atom stereocenters. The number of rotatable bonds is 8. The molecule has 1 unspecified atom stereocenters. The molecule has 2 rings (SSSR count). The molecule has 1 fully saturated rings. The molecule has 1 aromatic carbocycles. The van der Waals surface area contributed by atoms with Crippen molar-refractivity contribution >= 4 is 5.97 Å². The van der Waals surface area contributed by atoms with Gasteiger partial charge < -0.3 is 15.5 Å². The zero-order valence-corrected chi connectivity index (χ0v) is 12.4. The molecule has 0 heterocycles. The molecule has 1 saturated carbocycles. The lowest BCUT2D eigenvalue weighted by Gasteiger charge is -2.19. The molecule has 0 saturated heterocycles. The summed E-state index contributed by atoms with van der Waals surface area (Å²) in [7, 11) is 0. The Kier molecular flexibility index (Phi) is 6.21. The van der Waals surface area contributed by atoms with Crippen LogP contribution in [0.3, 0.4) is 0 Å². The second-order valence-electron chi connectivity index (χ2n) is 6.07. The van der Waals surface area contributed by atoms with Gasteiger partial charge in [-0.1, -0.05) is 37.8 Å². The summed E-state index contributed by atoms with van der Waals surface area (Å²) in [6.07, 6.45) is 6.36. The van der Waals surface area contributed by atoms with E-state index in [0.29, 0.717) is 18.0 Å². The van der Waals surface area contributed by atoms with Crippen LogP contribution in [0.2, 0.25) is 0 Å². The summed E-state index contributed by atoms with van der Waals surface area (Å²) in [5.74, 6) is 0.182. The van der Waals surface area contributed by atoms with Crippen LogP contribution in [0.25, 0.3) is 0 Å². The number of aromatic carboxylic acids is 1. The number of hydrogen-bond acceptors (Lipinski definition) is 3. The van der Waals surface area contributed by atoms with Gasteiger partial charge in [-0.2, -0.15) is 0 Å². The molecule has 116 valence electrons. The molecule has 1 aromatic rings. The topological polar surface area (TPSA) is 69.6 Å². The number of carbonyl (C=O) groups is 1. The van der Waals surface area contributed by atoms with Crippen molar-refractivity contribution in [3.63, 3.8) is 0 Å². The number of carboxylic acid groups (broad SMARTS) is 1. The highest BCUT2D eigenvalue weighted by molar-refractivity contribution is 5.87. The van der Waals surface area contributed by atoms with Gasteiger partial charge in [0.05, 0.1) is 5.56 Å². The van der Waals surface area contributed by atoms with Crippen molar-refractivity contribution in [1.29, 1.82) is 0 Å². The normalized spacial score (nSPS) is 17.0. The summed E-state index contributed by atoms with van der Waals surface area (Å²) in [5, 5.41) is 21.8. The fraction of sp³-hybridized carbons (Fsp3) is 0.588. The Morgan fingerprint density at radius 1 is 1.33 bits per heavy atom. The predicted octanol–water partition coefficient (Wildman–Crippen LogP) is 2.66. The number of benzene rings is 1. The van der Waals surface area contributed by atoms with E-state index in [-0.39, 0.29) is 6.61 Å². The zero-order valence-electron chi connectivity index (χ0n) is 12.4. The molecule has 0 aromatic heterocycles. The average Bonchev–Trinajstić information content (AvgIpc) is 2.99. The average molecular weight is 291 g/mol. The van der Waals surface area contributed by atoms with Crippen molar-refractivity contribution in [1.82, 2.24) is 5.32 Å². The number of carboxylic acids is 1. The second kappa shape index (κ2) is 8.15. The van der Waals surface area contributed by atoms with Crippen LogP contribution in [0.1, 0.15) is 48.0 Å². The SMILES string of the molecule is O=C(O)c1cccc(CNCC(CO)CC2CCCC2)c1. The highest BCUT2D eigenvalue weighted by Crippen LogP contribution is 2.30. The lowest BCUT2D eigenvalue weighted by atomic mass is 9.93. The van der Waals surface area contributed by atoms with Crippen LogP contribution < -0.4 is 5.32 Å². The first kappa shape index (κ1) is 16.0. The molecule has 0 amide bonds. The van der Waals surface area contributed by atoms with Gasteiger partial charge in [-0.3, -0.25) is 0 Å². The van der Waals surface area contributed by atoms with Crippen LogP contribution in [0.4, 0.5) is 0 Å². The van der Waals surface area contributed by atoms with Gasteiger partial charge in [0.25, 0.3) is 0 Å². The summed E-state index contributed by atoms with van der Waals surface area (Å²) < 4.78 is 0.